The Hall–Kier alpha value is -2.56. The molecule has 5 heteroatoms. The zero-order chi connectivity index (χ0) is 18.4. The average Bonchev–Trinajstić information content (AvgIpc) is 2.78. The molecule has 132 valence electrons. The van der Waals surface area contributed by atoms with Gasteiger partial charge in [-0.25, -0.2) is 9.78 Å². The number of benzene rings is 1. The number of aromatic nitrogens is 3. The van der Waals surface area contributed by atoms with Crippen LogP contribution in [0.3, 0.4) is 0 Å². The van der Waals surface area contributed by atoms with Crippen molar-refractivity contribution < 1.29 is 4.74 Å². The molecule has 0 amide bonds. The Morgan fingerprint density at radius 3 is 2.48 bits per heavy atom. The number of hydrogen-bond acceptors (Lipinski definition) is 3. The molecule has 0 aliphatic carbocycles. The van der Waals surface area contributed by atoms with Crippen LogP contribution in [0, 0.1) is 12.3 Å². The number of ether oxygens (including phenoxy) is 1. The van der Waals surface area contributed by atoms with E-state index in [-0.39, 0.29) is 11.1 Å². The van der Waals surface area contributed by atoms with Crippen molar-refractivity contribution in [3.63, 3.8) is 0 Å². The van der Waals surface area contributed by atoms with Crippen LogP contribution in [0.1, 0.15) is 26.3 Å². The second kappa shape index (κ2) is 6.06. The van der Waals surface area contributed by atoms with Crippen LogP contribution in [0.2, 0.25) is 0 Å². The molecule has 0 fully saturated rings. The quantitative estimate of drug-likeness (QED) is 0.730. The van der Waals surface area contributed by atoms with Gasteiger partial charge >= 0.3 is 5.69 Å². The lowest BCUT2D eigenvalue weighted by atomic mass is 9.97. The molecule has 0 radical (unpaired) electrons. The van der Waals surface area contributed by atoms with Gasteiger partial charge < -0.3 is 4.74 Å². The minimum absolute atomic E-state index is 0.0177. The Labute approximate surface area is 147 Å². The molecule has 0 saturated carbocycles. The number of hydrogen-bond donors (Lipinski definition) is 0. The zero-order valence-electron chi connectivity index (χ0n) is 15.8. The van der Waals surface area contributed by atoms with E-state index >= 15 is 0 Å². The van der Waals surface area contributed by atoms with Crippen LogP contribution in [0.5, 0.6) is 5.75 Å². The lowest BCUT2D eigenvalue weighted by Crippen LogP contribution is -2.27. The second-order valence-electron chi connectivity index (χ2n) is 7.71. The molecule has 5 nitrogen and oxygen atoms in total. The van der Waals surface area contributed by atoms with Crippen molar-refractivity contribution in [1.29, 1.82) is 0 Å². The molecule has 3 rings (SSSR count). The highest BCUT2D eigenvalue weighted by Gasteiger charge is 2.18. The molecule has 0 aliphatic heterocycles. The third-order valence-corrected chi connectivity index (χ3v) is 4.30. The highest BCUT2D eigenvalue weighted by atomic mass is 16.5. The summed E-state index contributed by atoms with van der Waals surface area (Å²) < 4.78 is 8.76. The monoisotopic (exact) mass is 339 g/mol. The summed E-state index contributed by atoms with van der Waals surface area (Å²) in [4.78, 5) is 17.4. The van der Waals surface area contributed by atoms with Crippen LogP contribution in [-0.2, 0) is 13.6 Å². The van der Waals surface area contributed by atoms with Crippen LogP contribution < -0.4 is 10.4 Å². The molecule has 2 aromatic heterocycles. The number of imidazole rings is 1. The van der Waals surface area contributed by atoms with Crippen molar-refractivity contribution >= 4 is 11.2 Å². The Bertz CT molecular complexity index is 991. The number of pyridine rings is 1. The van der Waals surface area contributed by atoms with Gasteiger partial charge in [0.1, 0.15) is 5.75 Å². The van der Waals surface area contributed by atoms with E-state index in [4.69, 9.17) is 9.72 Å². The van der Waals surface area contributed by atoms with E-state index in [1.807, 2.05) is 35.8 Å². The standard InChI is InChI=1S/C20H25N3O2/c1-13-11-14(7-10-17(13)25-6)15-8-9-16-18(21-15)22(5)19(24)23(16)12-20(2,3)4/h7-11H,12H2,1-6H3. The predicted molar refractivity (Wildman–Crippen MR) is 101 cm³/mol. The van der Waals surface area contributed by atoms with E-state index in [9.17, 15) is 4.79 Å². The van der Waals surface area contributed by atoms with Crippen molar-refractivity contribution in [3.05, 3.63) is 46.4 Å². The summed E-state index contributed by atoms with van der Waals surface area (Å²) in [6.07, 6.45) is 0. The van der Waals surface area contributed by atoms with E-state index in [1.165, 1.54) is 0 Å². The van der Waals surface area contributed by atoms with Crippen LogP contribution in [0.25, 0.3) is 22.4 Å². The lowest BCUT2D eigenvalue weighted by Gasteiger charge is -2.18. The first kappa shape index (κ1) is 17.3. The maximum atomic E-state index is 12.6. The first-order valence-corrected chi connectivity index (χ1v) is 8.42. The minimum Gasteiger partial charge on any atom is -0.496 e. The van der Waals surface area contributed by atoms with Crippen LogP contribution >= 0.6 is 0 Å². The molecule has 3 aromatic rings. The molecule has 2 heterocycles. The molecular weight excluding hydrogens is 314 g/mol. The first-order chi connectivity index (χ1) is 11.7. The third-order valence-electron chi connectivity index (χ3n) is 4.30. The van der Waals surface area contributed by atoms with Gasteiger partial charge in [-0.3, -0.25) is 9.13 Å². The second-order valence-corrected chi connectivity index (χ2v) is 7.71. The van der Waals surface area contributed by atoms with Crippen LogP contribution in [0.4, 0.5) is 0 Å². The van der Waals surface area contributed by atoms with Gasteiger partial charge in [-0.1, -0.05) is 20.8 Å². The smallest absolute Gasteiger partial charge is 0.330 e. The molecule has 0 unspecified atom stereocenters. The first-order valence-electron chi connectivity index (χ1n) is 8.42. The third kappa shape index (κ3) is 3.18. The molecule has 25 heavy (non-hydrogen) atoms. The molecule has 1 aromatic carbocycles. The lowest BCUT2D eigenvalue weighted by molar-refractivity contribution is 0.342. The van der Waals surface area contributed by atoms with Gasteiger partial charge in [-0.15, -0.1) is 0 Å². The summed E-state index contributed by atoms with van der Waals surface area (Å²) in [5, 5.41) is 0. The van der Waals surface area contributed by atoms with Gasteiger partial charge in [-0.05, 0) is 48.2 Å². The fraction of sp³-hybridized carbons (Fsp3) is 0.400. The SMILES string of the molecule is COc1ccc(-c2ccc3c(n2)n(C)c(=O)n3CC(C)(C)C)cc1C. The molecule has 0 aliphatic rings. The molecule has 0 saturated heterocycles. The molecule has 0 bridgehead atoms. The highest BCUT2D eigenvalue weighted by molar-refractivity contribution is 5.76. The topological polar surface area (TPSA) is 49.1 Å². The number of aryl methyl sites for hydroxylation is 2. The Kier molecular flexibility index (Phi) is 4.19. The fourth-order valence-corrected chi connectivity index (χ4v) is 3.10. The van der Waals surface area contributed by atoms with Crippen LogP contribution in [0.15, 0.2) is 35.1 Å². The van der Waals surface area contributed by atoms with Gasteiger partial charge in [0.25, 0.3) is 0 Å². The summed E-state index contributed by atoms with van der Waals surface area (Å²) in [6, 6.07) is 9.95. The van der Waals surface area contributed by atoms with Gasteiger partial charge in [0.15, 0.2) is 5.65 Å². The van der Waals surface area contributed by atoms with Crippen LogP contribution in [-0.4, -0.2) is 21.2 Å². The number of nitrogens with zero attached hydrogens (tertiary/aromatic N) is 3. The van der Waals surface area contributed by atoms with Crippen molar-refractivity contribution in [1.82, 2.24) is 14.1 Å². The number of rotatable bonds is 3. The van der Waals surface area contributed by atoms with E-state index < -0.39 is 0 Å². The zero-order valence-corrected chi connectivity index (χ0v) is 15.8. The van der Waals surface area contributed by atoms with Gasteiger partial charge in [0.05, 0.1) is 18.3 Å². The molecule has 0 atom stereocenters. The largest absolute Gasteiger partial charge is 0.496 e. The summed E-state index contributed by atoms with van der Waals surface area (Å²) in [6.45, 7) is 9.04. The predicted octanol–water partition coefficient (Wildman–Crippen LogP) is 3.77. The number of fused-ring (bicyclic) bond motifs is 1. The van der Waals surface area contributed by atoms with Crippen molar-refractivity contribution in [2.45, 2.75) is 34.2 Å². The van der Waals surface area contributed by atoms with Crippen molar-refractivity contribution in [3.8, 4) is 17.0 Å². The minimum atomic E-state index is -0.0273. The summed E-state index contributed by atoms with van der Waals surface area (Å²) in [7, 11) is 3.44. The number of methoxy groups -OCH3 is 1. The Morgan fingerprint density at radius 1 is 1.16 bits per heavy atom. The highest BCUT2D eigenvalue weighted by Crippen LogP contribution is 2.27. The van der Waals surface area contributed by atoms with Gasteiger partial charge in [0, 0.05) is 19.2 Å². The van der Waals surface area contributed by atoms with Crippen molar-refractivity contribution in [2.24, 2.45) is 12.5 Å². The van der Waals surface area contributed by atoms with Gasteiger partial charge in [0.2, 0.25) is 0 Å². The Balaban J connectivity index is 2.14. The van der Waals surface area contributed by atoms with E-state index in [0.717, 1.165) is 28.1 Å². The normalized spacial score (nSPS) is 11.9. The summed E-state index contributed by atoms with van der Waals surface area (Å²) in [5.41, 5.74) is 4.49. The van der Waals surface area contributed by atoms with E-state index in [0.29, 0.717) is 12.2 Å². The molecular formula is C20H25N3O2. The maximum Gasteiger partial charge on any atom is 0.330 e. The summed E-state index contributed by atoms with van der Waals surface area (Å²) in [5.74, 6) is 0.855. The maximum absolute atomic E-state index is 12.6. The van der Waals surface area contributed by atoms with Crippen molar-refractivity contribution in [2.75, 3.05) is 7.11 Å². The van der Waals surface area contributed by atoms with E-state index in [1.54, 1.807) is 18.7 Å². The van der Waals surface area contributed by atoms with E-state index in [2.05, 4.69) is 26.8 Å². The molecule has 0 spiro atoms. The Morgan fingerprint density at radius 2 is 1.88 bits per heavy atom. The fourth-order valence-electron chi connectivity index (χ4n) is 3.10. The molecule has 0 N–H and O–H groups in total. The average molecular weight is 339 g/mol. The summed E-state index contributed by atoms with van der Waals surface area (Å²) >= 11 is 0. The van der Waals surface area contributed by atoms with Gasteiger partial charge in [-0.2, -0.15) is 0 Å².